The summed E-state index contributed by atoms with van der Waals surface area (Å²) in [6.07, 6.45) is -1.00. The average Bonchev–Trinajstić information content (AvgIpc) is 2.68. The Bertz CT molecular complexity index is 950. The summed E-state index contributed by atoms with van der Waals surface area (Å²) in [6, 6.07) is 13.4. The molecule has 0 saturated heterocycles. The molecule has 0 radical (unpaired) electrons. The van der Waals surface area contributed by atoms with Gasteiger partial charge in [-0.25, -0.2) is 13.8 Å². The molecule has 1 aromatic heterocycles. The molecule has 0 fully saturated rings. The molecule has 3 rings (SSSR count). The van der Waals surface area contributed by atoms with E-state index in [4.69, 9.17) is 5.11 Å². The molecule has 0 aliphatic heterocycles. The highest BCUT2D eigenvalue weighted by molar-refractivity contribution is 5.76. The third-order valence-electron chi connectivity index (χ3n) is 4.00. The fraction of sp³-hybridized carbons (Fsp3) is 0.150. The number of phenolic OH excluding ortho intramolecular Hbond substituents is 1. The number of hydrogen-bond donors (Lipinski definition) is 4. The van der Waals surface area contributed by atoms with Crippen molar-refractivity contribution < 1.29 is 24.1 Å². The van der Waals surface area contributed by atoms with E-state index < -0.39 is 24.3 Å². The van der Waals surface area contributed by atoms with Crippen LogP contribution in [0.4, 0.5) is 14.6 Å². The molecule has 1 heterocycles. The van der Waals surface area contributed by atoms with Crippen molar-refractivity contribution in [3.63, 3.8) is 0 Å². The highest BCUT2D eigenvalue weighted by atomic mass is 19.2. The molecular weight excluding hydrogens is 354 g/mol. The molecule has 1 atom stereocenters. The van der Waals surface area contributed by atoms with E-state index in [0.717, 1.165) is 6.07 Å². The minimum atomic E-state index is -1.00. The van der Waals surface area contributed by atoms with Gasteiger partial charge in [0.15, 0.2) is 11.6 Å². The molecule has 7 heteroatoms. The van der Waals surface area contributed by atoms with E-state index in [2.05, 4.69) is 10.3 Å². The number of halogens is 2. The smallest absolute Gasteiger partial charge is 0.166 e. The summed E-state index contributed by atoms with van der Waals surface area (Å²) in [4.78, 5) is 4.37. The number of pyridine rings is 1. The molecule has 0 amide bonds. The van der Waals surface area contributed by atoms with Gasteiger partial charge in [-0.3, -0.25) is 0 Å². The first-order valence-electron chi connectivity index (χ1n) is 8.27. The summed E-state index contributed by atoms with van der Waals surface area (Å²) < 4.78 is 27.9. The number of benzene rings is 2. The van der Waals surface area contributed by atoms with E-state index >= 15 is 0 Å². The van der Waals surface area contributed by atoms with Crippen LogP contribution in [0, 0.1) is 11.6 Å². The van der Waals surface area contributed by atoms with Gasteiger partial charge in [-0.15, -0.1) is 0 Å². The van der Waals surface area contributed by atoms with E-state index in [1.54, 1.807) is 24.3 Å². The summed E-state index contributed by atoms with van der Waals surface area (Å²) >= 11 is 0. The van der Waals surface area contributed by atoms with Gasteiger partial charge in [0.1, 0.15) is 11.6 Å². The molecule has 140 valence electrons. The van der Waals surface area contributed by atoms with Crippen LogP contribution in [0.2, 0.25) is 0 Å². The van der Waals surface area contributed by atoms with E-state index in [1.165, 1.54) is 24.3 Å². The van der Waals surface area contributed by atoms with E-state index in [-0.39, 0.29) is 23.7 Å². The molecule has 0 bridgehead atoms. The van der Waals surface area contributed by atoms with Crippen LogP contribution >= 0.6 is 0 Å². The SMILES string of the molecule is OCC(O)CNc1cc(-c2cccc(F)c2F)cc(-c2ccccc2O)n1. The van der Waals surface area contributed by atoms with Gasteiger partial charge < -0.3 is 20.6 Å². The zero-order valence-electron chi connectivity index (χ0n) is 14.2. The molecule has 27 heavy (non-hydrogen) atoms. The molecule has 1 unspecified atom stereocenters. The van der Waals surface area contributed by atoms with Crippen LogP contribution in [0.25, 0.3) is 22.4 Å². The number of rotatable bonds is 6. The molecule has 3 aromatic rings. The lowest BCUT2D eigenvalue weighted by Gasteiger charge is -2.14. The lowest BCUT2D eigenvalue weighted by Crippen LogP contribution is -2.23. The van der Waals surface area contributed by atoms with E-state index in [0.29, 0.717) is 16.8 Å². The van der Waals surface area contributed by atoms with Crippen molar-refractivity contribution in [1.82, 2.24) is 4.98 Å². The molecule has 0 aliphatic rings. The quantitative estimate of drug-likeness (QED) is 0.534. The molecule has 2 aromatic carbocycles. The number of aromatic nitrogens is 1. The standard InChI is InChI=1S/C20H18F2N2O3/c21-16-6-3-5-14(20(16)22)12-8-17(15-4-1-2-7-18(15)27)24-19(9-12)23-10-13(26)11-25/h1-9,13,25-27H,10-11H2,(H,23,24). The number of anilines is 1. The Kier molecular flexibility index (Phi) is 5.63. The topological polar surface area (TPSA) is 85.6 Å². The Labute approximate surface area is 154 Å². The maximum atomic E-state index is 14.3. The highest BCUT2D eigenvalue weighted by Crippen LogP contribution is 2.33. The van der Waals surface area contributed by atoms with Crippen LogP contribution in [0.15, 0.2) is 54.6 Å². The lowest BCUT2D eigenvalue weighted by atomic mass is 10.0. The van der Waals surface area contributed by atoms with Gasteiger partial charge in [0, 0.05) is 17.7 Å². The van der Waals surface area contributed by atoms with Gasteiger partial charge in [0.2, 0.25) is 0 Å². The van der Waals surface area contributed by atoms with Crippen LogP contribution in [-0.2, 0) is 0 Å². The van der Waals surface area contributed by atoms with Crippen LogP contribution in [-0.4, -0.2) is 39.6 Å². The molecule has 0 spiro atoms. The summed E-state index contributed by atoms with van der Waals surface area (Å²) in [5.41, 5.74) is 1.15. The van der Waals surface area contributed by atoms with Gasteiger partial charge in [-0.2, -0.15) is 0 Å². The Balaban J connectivity index is 2.11. The van der Waals surface area contributed by atoms with Crippen LogP contribution in [0.1, 0.15) is 0 Å². The van der Waals surface area contributed by atoms with Crippen molar-refractivity contribution in [2.45, 2.75) is 6.10 Å². The largest absolute Gasteiger partial charge is 0.507 e. The first-order valence-corrected chi connectivity index (χ1v) is 8.27. The second-order valence-electron chi connectivity index (χ2n) is 5.96. The summed E-state index contributed by atoms with van der Waals surface area (Å²) in [7, 11) is 0. The summed E-state index contributed by atoms with van der Waals surface area (Å²) in [5.74, 6) is -1.70. The van der Waals surface area contributed by atoms with Crippen LogP contribution in [0.5, 0.6) is 5.75 Å². The predicted molar refractivity (Wildman–Crippen MR) is 98.3 cm³/mol. The minimum Gasteiger partial charge on any atom is -0.507 e. The maximum Gasteiger partial charge on any atom is 0.166 e. The fourth-order valence-electron chi connectivity index (χ4n) is 2.62. The second-order valence-corrected chi connectivity index (χ2v) is 5.96. The number of aliphatic hydroxyl groups is 2. The van der Waals surface area contributed by atoms with Crippen molar-refractivity contribution in [3.8, 4) is 28.1 Å². The monoisotopic (exact) mass is 372 g/mol. The number of para-hydroxylation sites is 1. The number of nitrogens with zero attached hydrogens (tertiary/aromatic N) is 1. The number of aromatic hydroxyl groups is 1. The molecule has 4 N–H and O–H groups in total. The number of nitrogens with one attached hydrogen (secondary N) is 1. The fourth-order valence-corrected chi connectivity index (χ4v) is 2.62. The van der Waals surface area contributed by atoms with Gasteiger partial charge in [0.05, 0.1) is 18.4 Å². The van der Waals surface area contributed by atoms with Crippen molar-refractivity contribution in [2.75, 3.05) is 18.5 Å². The van der Waals surface area contributed by atoms with E-state index in [9.17, 15) is 19.0 Å². The third kappa shape index (κ3) is 4.21. The average molecular weight is 372 g/mol. The van der Waals surface area contributed by atoms with Crippen LogP contribution in [0.3, 0.4) is 0 Å². The molecule has 0 saturated carbocycles. The molecular formula is C20H18F2N2O3. The first kappa shape index (κ1) is 18.8. The Hall–Kier alpha value is -3.03. The number of hydrogen-bond acceptors (Lipinski definition) is 5. The van der Waals surface area contributed by atoms with Crippen molar-refractivity contribution in [3.05, 3.63) is 66.2 Å². The van der Waals surface area contributed by atoms with E-state index in [1.807, 2.05) is 0 Å². The Morgan fingerprint density at radius 3 is 2.48 bits per heavy atom. The van der Waals surface area contributed by atoms with Crippen LogP contribution < -0.4 is 5.32 Å². The lowest BCUT2D eigenvalue weighted by molar-refractivity contribution is 0.105. The minimum absolute atomic E-state index is 0.0109. The zero-order valence-corrected chi connectivity index (χ0v) is 14.2. The second kappa shape index (κ2) is 8.11. The van der Waals surface area contributed by atoms with Gasteiger partial charge >= 0.3 is 0 Å². The van der Waals surface area contributed by atoms with Gasteiger partial charge in [0.25, 0.3) is 0 Å². The predicted octanol–water partition coefficient (Wildman–Crippen LogP) is 3.16. The molecule has 5 nitrogen and oxygen atoms in total. The number of aliphatic hydroxyl groups excluding tert-OH is 2. The first-order chi connectivity index (χ1) is 13.0. The van der Waals surface area contributed by atoms with Crippen molar-refractivity contribution >= 4 is 5.82 Å². The third-order valence-corrected chi connectivity index (χ3v) is 4.00. The normalized spacial score (nSPS) is 12.0. The Morgan fingerprint density at radius 1 is 1.00 bits per heavy atom. The summed E-state index contributed by atoms with van der Waals surface area (Å²) in [6.45, 7) is -0.420. The van der Waals surface area contributed by atoms with Crippen molar-refractivity contribution in [1.29, 1.82) is 0 Å². The van der Waals surface area contributed by atoms with Crippen molar-refractivity contribution in [2.24, 2.45) is 0 Å². The summed E-state index contributed by atoms with van der Waals surface area (Å²) in [5, 5.41) is 31.4. The number of phenols is 1. The maximum absolute atomic E-state index is 14.3. The Morgan fingerprint density at radius 2 is 1.74 bits per heavy atom. The molecule has 0 aliphatic carbocycles. The van der Waals surface area contributed by atoms with Gasteiger partial charge in [-0.1, -0.05) is 24.3 Å². The zero-order chi connectivity index (χ0) is 19.4. The highest BCUT2D eigenvalue weighted by Gasteiger charge is 2.15. The van der Waals surface area contributed by atoms with Gasteiger partial charge in [-0.05, 0) is 35.9 Å².